The molecule has 0 aromatic heterocycles. The zero-order chi connectivity index (χ0) is 15.5. The van der Waals surface area contributed by atoms with Crippen LogP contribution < -0.4 is 4.72 Å². The first-order valence-corrected chi connectivity index (χ1v) is 8.04. The van der Waals surface area contributed by atoms with Gasteiger partial charge in [0.05, 0.1) is 17.9 Å². The highest BCUT2D eigenvalue weighted by atomic mass is 32.2. The lowest BCUT2D eigenvalue weighted by Crippen LogP contribution is -2.37. The quantitative estimate of drug-likeness (QED) is 0.866. The molecule has 8 heteroatoms. The Morgan fingerprint density at radius 3 is 2.76 bits per heavy atom. The van der Waals surface area contributed by atoms with Crippen LogP contribution in [-0.2, 0) is 14.9 Å². The van der Waals surface area contributed by atoms with E-state index in [0.717, 1.165) is 0 Å². The minimum absolute atomic E-state index is 0.154. The number of nitrogens with one attached hydrogen (secondary N) is 1. The van der Waals surface area contributed by atoms with Gasteiger partial charge in [0.2, 0.25) is 0 Å². The molecule has 1 heterocycles. The minimum atomic E-state index is -3.65. The Bertz CT molecular complexity index is 621. The lowest BCUT2D eigenvalue weighted by Gasteiger charge is -2.20. The second-order valence-corrected chi connectivity index (χ2v) is 6.48. The van der Waals surface area contributed by atoms with Crippen molar-refractivity contribution < 1.29 is 23.1 Å². The summed E-state index contributed by atoms with van der Waals surface area (Å²) >= 11 is 0. The molecule has 0 saturated carbocycles. The van der Waals surface area contributed by atoms with Crippen LogP contribution in [0.3, 0.4) is 0 Å². The molecule has 0 radical (unpaired) electrons. The third-order valence-electron chi connectivity index (χ3n) is 3.22. The molecule has 0 amide bonds. The number of hydrogen-bond donors (Lipinski definition) is 2. The molecule has 1 saturated heterocycles. The van der Waals surface area contributed by atoms with E-state index in [2.05, 4.69) is 4.72 Å². The molecule has 1 aliphatic rings. The zero-order valence-corrected chi connectivity index (χ0v) is 12.5. The summed E-state index contributed by atoms with van der Waals surface area (Å²) in [5.41, 5.74) is 1.01. The number of carboxylic acids is 1. The molecule has 0 bridgehead atoms. The topological polar surface area (TPSA) is 95.9 Å². The van der Waals surface area contributed by atoms with Gasteiger partial charge in [-0.1, -0.05) is 0 Å². The van der Waals surface area contributed by atoms with Crippen molar-refractivity contribution in [2.45, 2.75) is 13.3 Å². The number of benzene rings is 1. The molecule has 116 valence electrons. The van der Waals surface area contributed by atoms with Crippen LogP contribution >= 0.6 is 0 Å². The SMILES string of the molecule is Cc1cc(NS(=O)(=O)N2CCCOCC2)ccc1C(=O)O. The van der Waals surface area contributed by atoms with Crippen molar-refractivity contribution in [3.63, 3.8) is 0 Å². The fraction of sp³-hybridized carbons (Fsp3) is 0.462. The van der Waals surface area contributed by atoms with Crippen molar-refractivity contribution in [1.29, 1.82) is 0 Å². The highest BCUT2D eigenvalue weighted by Gasteiger charge is 2.23. The smallest absolute Gasteiger partial charge is 0.335 e. The predicted molar refractivity (Wildman–Crippen MR) is 77.7 cm³/mol. The molecule has 0 atom stereocenters. The summed E-state index contributed by atoms with van der Waals surface area (Å²) in [6, 6.07) is 4.35. The van der Waals surface area contributed by atoms with E-state index in [1.165, 1.54) is 22.5 Å². The summed E-state index contributed by atoms with van der Waals surface area (Å²) in [5, 5.41) is 8.96. The largest absolute Gasteiger partial charge is 0.478 e. The van der Waals surface area contributed by atoms with Crippen LogP contribution in [0.4, 0.5) is 5.69 Å². The Hall–Kier alpha value is -1.64. The molecule has 2 N–H and O–H groups in total. The summed E-state index contributed by atoms with van der Waals surface area (Å²) in [4.78, 5) is 10.9. The summed E-state index contributed by atoms with van der Waals surface area (Å²) in [6.07, 6.45) is 0.651. The Balaban J connectivity index is 2.16. The molecule has 0 aliphatic carbocycles. The Morgan fingerprint density at radius 2 is 2.10 bits per heavy atom. The van der Waals surface area contributed by atoms with Crippen molar-refractivity contribution in [2.75, 3.05) is 31.0 Å². The van der Waals surface area contributed by atoms with Gasteiger partial charge in [0.1, 0.15) is 0 Å². The maximum Gasteiger partial charge on any atom is 0.335 e. The van der Waals surface area contributed by atoms with E-state index in [0.29, 0.717) is 44.0 Å². The fourth-order valence-corrected chi connectivity index (χ4v) is 3.38. The van der Waals surface area contributed by atoms with Crippen LogP contribution in [0.15, 0.2) is 18.2 Å². The zero-order valence-electron chi connectivity index (χ0n) is 11.7. The van der Waals surface area contributed by atoms with Gasteiger partial charge < -0.3 is 9.84 Å². The molecule has 0 spiro atoms. The molecule has 7 nitrogen and oxygen atoms in total. The van der Waals surface area contributed by atoms with E-state index in [9.17, 15) is 13.2 Å². The second kappa shape index (κ2) is 6.42. The predicted octanol–water partition coefficient (Wildman–Crippen LogP) is 1.07. The van der Waals surface area contributed by atoms with Crippen LogP contribution in [0.1, 0.15) is 22.3 Å². The first kappa shape index (κ1) is 15.7. The number of rotatable bonds is 4. The molecule has 1 aromatic rings. The van der Waals surface area contributed by atoms with Crippen LogP contribution in [0.25, 0.3) is 0 Å². The van der Waals surface area contributed by atoms with Gasteiger partial charge in [0.15, 0.2) is 0 Å². The second-order valence-electron chi connectivity index (χ2n) is 4.81. The third-order valence-corrected chi connectivity index (χ3v) is 4.76. The number of carboxylic acid groups (broad SMARTS) is 1. The third kappa shape index (κ3) is 3.93. The van der Waals surface area contributed by atoms with E-state index in [-0.39, 0.29) is 5.56 Å². The fourth-order valence-electron chi connectivity index (χ4n) is 2.14. The van der Waals surface area contributed by atoms with Crippen LogP contribution in [-0.4, -0.2) is 50.1 Å². The number of anilines is 1. The van der Waals surface area contributed by atoms with E-state index >= 15 is 0 Å². The summed E-state index contributed by atoms with van der Waals surface area (Å²) in [5.74, 6) is -1.04. The molecule has 1 fully saturated rings. The van der Waals surface area contributed by atoms with E-state index in [1.54, 1.807) is 6.92 Å². The Kier molecular flexibility index (Phi) is 4.81. The molecular formula is C13H18N2O5S. The van der Waals surface area contributed by atoms with E-state index < -0.39 is 16.2 Å². The molecule has 1 aliphatic heterocycles. The molecule has 2 rings (SSSR count). The number of carbonyl (C=O) groups is 1. The average molecular weight is 314 g/mol. The van der Waals surface area contributed by atoms with Gasteiger partial charge in [-0.3, -0.25) is 4.72 Å². The summed E-state index contributed by atoms with van der Waals surface area (Å²) < 4.78 is 33.6. The van der Waals surface area contributed by atoms with Crippen molar-refractivity contribution >= 4 is 21.9 Å². The van der Waals surface area contributed by atoms with Crippen molar-refractivity contribution in [1.82, 2.24) is 4.31 Å². The lowest BCUT2D eigenvalue weighted by atomic mass is 10.1. The summed E-state index contributed by atoms with van der Waals surface area (Å²) in [7, 11) is -3.65. The average Bonchev–Trinajstić information content (AvgIpc) is 2.67. The van der Waals surface area contributed by atoms with Gasteiger partial charge in [-0.25, -0.2) is 4.79 Å². The van der Waals surface area contributed by atoms with Crippen molar-refractivity contribution in [3.8, 4) is 0 Å². The van der Waals surface area contributed by atoms with Crippen LogP contribution in [0.2, 0.25) is 0 Å². The molecule has 1 aromatic carbocycles. The highest BCUT2D eigenvalue weighted by Crippen LogP contribution is 2.18. The Morgan fingerprint density at radius 1 is 1.33 bits per heavy atom. The van der Waals surface area contributed by atoms with Gasteiger partial charge in [-0.05, 0) is 37.1 Å². The highest BCUT2D eigenvalue weighted by molar-refractivity contribution is 7.90. The van der Waals surface area contributed by atoms with Crippen molar-refractivity contribution in [3.05, 3.63) is 29.3 Å². The maximum atomic E-state index is 12.3. The van der Waals surface area contributed by atoms with E-state index in [4.69, 9.17) is 9.84 Å². The number of aryl methyl sites for hydroxylation is 1. The van der Waals surface area contributed by atoms with Gasteiger partial charge >= 0.3 is 16.2 Å². The monoisotopic (exact) mass is 314 g/mol. The van der Waals surface area contributed by atoms with Crippen molar-refractivity contribution in [2.24, 2.45) is 0 Å². The Labute approximate surface area is 123 Å². The molecular weight excluding hydrogens is 296 g/mol. The van der Waals surface area contributed by atoms with Crippen LogP contribution in [0, 0.1) is 6.92 Å². The normalized spacial score (nSPS) is 17.2. The van der Waals surface area contributed by atoms with Gasteiger partial charge in [0, 0.05) is 19.7 Å². The minimum Gasteiger partial charge on any atom is -0.478 e. The first-order valence-electron chi connectivity index (χ1n) is 6.60. The summed E-state index contributed by atoms with van der Waals surface area (Å²) in [6.45, 7) is 3.26. The van der Waals surface area contributed by atoms with Gasteiger partial charge in [-0.15, -0.1) is 0 Å². The number of nitrogens with zero attached hydrogens (tertiary/aromatic N) is 1. The number of ether oxygens (including phenoxy) is 1. The molecule has 0 unspecified atom stereocenters. The van der Waals surface area contributed by atoms with Gasteiger partial charge in [0.25, 0.3) is 0 Å². The van der Waals surface area contributed by atoms with Crippen LogP contribution in [0.5, 0.6) is 0 Å². The lowest BCUT2D eigenvalue weighted by molar-refractivity contribution is 0.0696. The first-order chi connectivity index (χ1) is 9.90. The standard InChI is InChI=1S/C13H18N2O5S/c1-10-9-11(3-4-12(10)13(16)17)14-21(18,19)15-5-2-7-20-8-6-15/h3-4,9,14H,2,5-8H2,1H3,(H,16,17). The molecule has 21 heavy (non-hydrogen) atoms. The number of hydrogen-bond acceptors (Lipinski definition) is 4. The maximum absolute atomic E-state index is 12.3. The number of aromatic carboxylic acids is 1. The van der Waals surface area contributed by atoms with E-state index in [1.807, 2.05) is 0 Å². The van der Waals surface area contributed by atoms with Gasteiger partial charge in [-0.2, -0.15) is 12.7 Å².